The second-order valence-electron chi connectivity index (χ2n) is 14.7. The second-order valence-corrected chi connectivity index (χ2v) is 19.3. The number of benzene rings is 5. The van der Waals surface area contributed by atoms with Crippen molar-refractivity contribution in [2.45, 2.75) is 34.0 Å². The Balaban J connectivity index is 1.37. The zero-order chi connectivity index (χ0) is 29.6. The predicted molar refractivity (Wildman–Crippen MR) is 193 cm³/mol. The highest BCUT2D eigenvalue weighted by Gasteiger charge is 2.66. The second kappa shape index (κ2) is 8.42. The molecular weight excluding hydrogens is 569 g/mol. The molecule has 0 aliphatic heterocycles. The quantitative estimate of drug-likeness (QED) is 0.150. The van der Waals surface area contributed by atoms with E-state index in [9.17, 15) is 0 Å². The Labute approximate surface area is 267 Å². The maximum atomic E-state index is 5.16. The summed E-state index contributed by atoms with van der Waals surface area (Å²) in [4.78, 5) is 2.61. The number of hydrogen-bond donors (Lipinski definition) is 1. The molecule has 2 heteroatoms. The van der Waals surface area contributed by atoms with Crippen LogP contribution in [0.5, 0.6) is 0 Å². The van der Waals surface area contributed by atoms with E-state index in [0.29, 0.717) is 17.8 Å². The molecule has 0 nitrogen and oxygen atoms in total. The van der Waals surface area contributed by atoms with Gasteiger partial charge in [-0.3, -0.25) is 0 Å². The third-order valence-corrected chi connectivity index (χ3v) is 13.9. The smallest absolute Gasteiger partial charge is 0.0355 e. The average molecular weight is 605 g/mol. The van der Waals surface area contributed by atoms with Gasteiger partial charge in [0.25, 0.3) is 0 Å². The van der Waals surface area contributed by atoms with Crippen LogP contribution in [0, 0.1) is 17.3 Å². The average Bonchev–Trinajstić information content (AvgIpc) is 3.26. The largest absolute Gasteiger partial charge is 0.223 e. The van der Waals surface area contributed by atoms with Crippen molar-refractivity contribution in [1.29, 1.82) is 0 Å². The summed E-state index contributed by atoms with van der Waals surface area (Å²) in [5.41, 5.74) is 10.1. The molecule has 216 valence electrons. The van der Waals surface area contributed by atoms with Crippen LogP contribution in [0.2, 0.25) is 0 Å². The zero-order valence-corrected chi connectivity index (χ0v) is 27.2. The highest BCUT2D eigenvalue weighted by Crippen LogP contribution is 2.74. The van der Waals surface area contributed by atoms with Crippen LogP contribution >= 0.6 is 22.7 Å². The first-order chi connectivity index (χ1) is 21.3. The first kappa shape index (κ1) is 25.8. The minimum atomic E-state index is -0.909. The van der Waals surface area contributed by atoms with Gasteiger partial charge in [0.2, 0.25) is 0 Å². The molecule has 0 amide bonds. The van der Waals surface area contributed by atoms with E-state index in [1.54, 1.807) is 16.0 Å². The van der Waals surface area contributed by atoms with Gasteiger partial charge in [0.1, 0.15) is 0 Å². The first-order valence-corrected chi connectivity index (χ1v) is 19.3. The maximum Gasteiger partial charge on any atom is 0.0355 e. The van der Waals surface area contributed by atoms with Gasteiger partial charge in [-0.1, -0.05) is 85.0 Å². The van der Waals surface area contributed by atoms with Gasteiger partial charge in [-0.25, -0.2) is 10.0 Å². The number of allylic oxidation sites excluding steroid dienone is 6. The van der Waals surface area contributed by atoms with Crippen LogP contribution in [-0.2, 0) is 5.41 Å². The summed E-state index contributed by atoms with van der Waals surface area (Å²) >= 11 is 5.16. The van der Waals surface area contributed by atoms with E-state index in [0.717, 1.165) is 4.90 Å². The van der Waals surface area contributed by atoms with E-state index in [4.69, 9.17) is 12.6 Å². The minimum absolute atomic E-state index is 0.0751. The number of hydrogen-bond acceptors (Lipinski definition) is 1. The molecule has 5 aromatic carbocycles. The number of rotatable bonds is 2. The van der Waals surface area contributed by atoms with Crippen molar-refractivity contribution in [1.82, 2.24) is 0 Å². The molecule has 4 bridgehead atoms. The molecule has 5 atom stereocenters. The molecule has 5 aromatic rings. The van der Waals surface area contributed by atoms with Crippen molar-refractivity contribution < 1.29 is 0 Å². The molecule has 0 N–H and O–H groups in total. The van der Waals surface area contributed by atoms with Gasteiger partial charge < -0.3 is 0 Å². The van der Waals surface area contributed by atoms with Crippen molar-refractivity contribution in [3.05, 3.63) is 132 Å². The molecule has 4 unspecified atom stereocenters. The van der Waals surface area contributed by atoms with E-state index in [-0.39, 0.29) is 10.8 Å². The van der Waals surface area contributed by atoms with Gasteiger partial charge in [0.05, 0.1) is 0 Å². The highest BCUT2D eigenvalue weighted by molar-refractivity contribution is 8.32. The summed E-state index contributed by atoms with van der Waals surface area (Å²) in [7, 11) is -0.909. The zero-order valence-electron chi connectivity index (χ0n) is 25.5. The van der Waals surface area contributed by atoms with Gasteiger partial charge in [0, 0.05) is 15.7 Å². The third-order valence-electron chi connectivity index (χ3n) is 12.0. The van der Waals surface area contributed by atoms with Crippen LogP contribution in [-0.4, -0.2) is 18.8 Å². The molecule has 2 spiro atoms. The van der Waals surface area contributed by atoms with E-state index in [1.807, 2.05) is 0 Å². The summed E-state index contributed by atoms with van der Waals surface area (Å²) < 4.78 is 0. The lowest BCUT2D eigenvalue weighted by Gasteiger charge is -2.54. The number of thiol groups is 1. The molecule has 6 aliphatic carbocycles. The molecule has 11 rings (SSSR count). The maximum absolute atomic E-state index is 5.16. The summed E-state index contributed by atoms with van der Waals surface area (Å²) in [6.07, 6.45) is 24.8. The Morgan fingerprint density at radius 3 is 2.48 bits per heavy atom. The predicted octanol–water partition coefficient (Wildman–Crippen LogP) is 11.1. The summed E-state index contributed by atoms with van der Waals surface area (Å²) in [6, 6.07) is 30.6. The van der Waals surface area contributed by atoms with Gasteiger partial charge in [-0.2, -0.15) is 0 Å². The minimum Gasteiger partial charge on any atom is -0.223 e. The molecule has 0 saturated heterocycles. The first-order valence-electron chi connectivity index (χ1n) is 16.0. The lowest BCUT2D eigenvalue weighted by molar-refractivity contribution is 0.207. The standard InChI is InChI=1S/C42H36S2/c1-44(2,3)31-22-35-33-14-13-32(27-12-11-25-8-4-5-9-26(25)18-27)34-20-30(43)21-38(39(33)34)42-24-37(36(23-31)40(35)42)28-15-17-41(42)16-7-6-10-29(41)19-28/h4-18,20-23,28-29,37,43H,19,24H2,1-3H3/t28?,29?,37?,41?,42-/m0/s1. The fourth-order valence-corrected chi connectivity index (χ4v) is 11.3. The van der Waals surface area contributed by atoms with Gasteiger partial charge in [-0.15, -0.1) is 12.6 Å². The summed E-state index contributed by atoms with van der Waals surface area (Å²) in [6.45, 7) is 0. The Morgan fingerprint density at radius 1 is 0.773 bits per heavy atom. The lowest BCUT2D eigenvalue weighted by atomic mass is 9.48. The van der Waals surface area contributed by atoms with Crippen molar-refractivity contribution in [2.24, 2.45) is 17.3 Å². The third kappa shape index (κ3) is 3.05. The van der Waals surface area contributed by atoms with Gasteiger partial charge >= 0.3 is 0 Å². The fourth-order valence-electron chi connectivity index (χ4n) is 10.1. The Bertz CT molecular complexity index is 2210. The van der Waals surface area contributed by atoms with Crippen molar-refractivity contribution in [3.8, 4) is 22.3 Å². The molecule has 0 heterocycles. The lowest BCUT2D eigenvalue weighted by Crippen LogP contribution is -2.49. The van der Waals surface area contributed by atoms with Crippen LogP contribution < -0.4 is 0 Å². The van der Waals surface area contributed by atoms with E-state index in [2.05, 4.69) is 134 Å². The Hall–Kier alpha value is -3.46. The van der Waals surface area contributed by atoms with Gasteiger partial charge in [-0.05, 0) is 145 Å². The number of fused-ring (bicyclic) bond motifs is 2. The van der Waals surface area contributed by atoms with E-state index in [1.165, 1.54) is 62.2 Å². The van der Waals surface area contributed by atoms with Crippen LogP contribution in [0.15, 0.2) is 125 Å². The van der Waals surface area contributed by atoms with Gasteiger partial charge in [0.15, 0.2) is 0 Å². The van der Waals surface area contributed by atoms with Crippen LogP contribution in [0.25, 0.3) is 43.8 Å². The molecule has 6 aliphatic rings. The van der Waals surface area contributed by atoms with E-state index < -0.39 is 10.0 Å². The van der Waals surface area contributed by atoms with Crippen LogP contribution in [0.3, 0.4) is 0 Å². The Kier molecular flexibility index (Phi) is 4.94. The SMILES string of the molecule is CS(C)(C)c1cc2c3c(c1)C1C[C@@]3(c3cc(S)cc4c(-c5ccc6ccccc6c5)ccc-2c34)C23C=CC=CC2CC1C=C3. The van der Waals surface area contributed by atoms with Crippen LogP contribution in [0.4, 0.5) is 0 Å². The fraction of sp³-hybridized carbons (Fsp3) is 0.238. The normalized spacial score (nSPS) is 28.8. The summed E-state index contributed by atoms with van der Waals surface area (Å²) in [5.74, 6) is 1.63. The molecule has 44 heavy (non-hydrogen) atoms. The Morgan fingerprint density at radius 2 is 1.61 bits per heavy atom. The summed E-state index contributed by atoms with van der Waals surface area (Å²) in [5, 5.41) is 5.35. The van der Waals surface area contributed by atoms with Crippen molar-refractivity contribution in [2.75, 3.05) is 18.8 Å². The molecular formula is C42H36S2. The molecule has 0 radical (unpaired) electrons. The highest BCUT2D eigenvalue weighted by atomic mass is 32.3. The van der Waals surface area contributed by atoms with Crippen molar-refractivity contribution in [3.63, 3.8) is 0 Å². The monoisotopic (exact) mass is 604 g/mol. The molecule has 1 saturated carbocycles. The molecule has 0 aromatic heterocycles. The molecule has 1 fully saturated rings. The van der Waals surface area contributed by atoms with E-state index >= 15 is 0 Å². The topological polar surface area (TPSA) is 0 Å². The van der Waals surface area contributed by atoms with Crippen molar-refractivity contribution >= 4 is 44.2 Å². The van der Waals surface area contributed by atoms with Crippen LogP contribution in [0.1, 0.15) is 35.4 Å².